The second kappa shape index (κ2) is 8.66. The summed E-state index contributed by atoms with van der Waals surface area (Å²) in [6.07, 6.45) is 0.725. The van der Waals surface area contributed by atoms with Crippen molar-refractivity contribution in [2.75, 3.05) is 33.4 Å². The van der Waals surface area contributed by atoms with Crippen molar-refractivity contribution in [1.29, 1.82) is 0 Å². The lowest BCUT2D eigenvalue weighted by molar-refractivity contribution is 0.0454. The number of furan rings is 1. The van der Waals surface area contributed by atoms with Crippen LogP contribution in [0.4, 0.5) is 4.39 Å². The Morgan fingerprint density at radius 2 is 2.08 bits per heavy atom. The average Bonchev–Trinajstić information content (AvgIpc) is 3.04. The van der Waals surface area contributed by atoms with Gasteiger partial charge in [-0.05, 0) is 43.2 Å². The zero-order valence-corrected chi connectivity index (χ0v) is 15.4. The van der Waals surface area contributed by atoms with Crippen LogP contribution in [0.25, 0.3) is 0 Å². The molecule has 5 nitrogen and oxygen atoms in total. The van der Waals surface area contributed by atoms with Gasteiger partial charge in [-0.15, -0.1) is 0 Å². The Hall–Kier alpha value is -1.89. The molecule has 1 aliphatic rings. The Labute approximate surface area is 154 Å². The SMILES string of the molecule is COc1cc(CN2CCN(Cc3ccc(C)o3)[C@H](CCO)C2)ccc1F. The fraction of sp³-hybridized carbons (Fsp3) is 0.500. The van der Waals surface area contributed by atoms with Gasteiger partial charge in [-0.2, -0.15) is 0 Å². The normalized spacial score (nSPS) is 19.0. The number of halogens is 1. The molecule has 3 rings (SSSR count). The number of aliphatic hydroxyl groups is 1. The highest BCUT2D eigenvalue weighted by Gasteiger charge is 2.27. The molecule has 0 spiro atoms. The fourth-order valence-electron chi connectivity index (χ4n) is 3.56. The number of rotatable bonds is 7. The van der Waals surface area contributed by atoms with Gasteiger partial charge in [0.15, 0.2) is 11.6 Å². The van der Waals surface area contributed by atoms with E-state index in [1.807, 2.05) is 19.1 Å². The van der Waals surface area contributed by atoms with E-state index in [9.17, 15) is 9.50 Å². The molecule has 2 heterocycles. The molecule has 1 atom stereocenters. The summed E-state index contributed by atoms with van der Waals surface area (Å²) in [7, 11) is 1.48. The number of hydrogen-bond acceptors (Lipinski definition) is 5. The zero-order chi connectivity index (χ0) is 18.5. The van der Waals surface area contributed by atoms with E-state index >= 15 is 0 Å². The molecule has 1 fully saturated rings. The number of aryl methyl sites for hydroxylation is 1. The van der Waals surface area contributed by atoms with E-state index in [1.54, 1.807) is 12.1 Å². The Morgan fingerprint density at radius 1 is 1.23 bits per heavy atom. The number of methoxy groups -OCH3 is 1. The van der Waals surface area contributed by atoms with Gasteiger partial charge in [-0.3, -0.25) is 9.80 Å². The van der Waals surface area contributed by atoms with Crippen LogP contribution < -0.4 is 4.74 Å². The highest BCUT2D eigenvalue weighted by molar-refractivity contribution is 5.30. The third-order valence-corrected chi connectivity index (χ3v) is 4.93. The van der Waals surface area contributed by atoms with Gasteiger partial charge in [-0.25, -0.2) is 4.39 Å². The van der Waals surface area contributed by atoms with Crippen LogP contribution in [0.2, 0.25) is 0 Å². The van der Waals surface area contributed by atoms with Gasteiger partial charge in [0.05, 0.1) is 13.7 Å². The number of benzene rings is 1. The van der Waals surface area contributed by atoms with Crippen molar-refractivity contribution in [3.8, 4) is 5.75 Å². The Balaban J connectivity index is 1.63. The molecule has 0 saturated carbocycles. The van der Waals surface area contributed by atoms with Crippen LogP contribution in [0.5, 0.6) is 5.75 Å². The van der Waals surface area contributed by atoms with Gasteiger partial charge in [0.2, 0.25) is 0 Å². The first-order valence-electron chi connectivity index (χ1n) is 9.04. The number of ether oxygens (including phenoxy) is 1. The second-order valence-corrected chi connectivity index (χ2v) is 6.85. The number of nitrogens with zero attached hydrogens (tertiary/aromatic N) is 2. The Kier molecular flexibility index (Phi) is 6.29. The van der Waals surface area contributed by atoms with E-state index < -0.39 is 0 Å². The van der Waals surface area contributed by atoms with Gasteiger partial charge >= 0.3 is 0 Å². The maximum atomic E-state index is 13.6. The van der Waals surface area contributed by atoms with Crippen molar-refractivity contribution in [3.63, 3.8) is 0 Å². The molecule has 0 aliphatic carbocycles. The van der Waals surface area contributed by atoms with Crippen molar-refractivity contribution in [2.45, 2.75) is 32.5 Å². The minimum Gasteiger partial charge on any atom is -0.494 e. The highest BCUT2D eigenvalue weighted by Crippen LogP contribution is 2.22. The van der Waals surface area contributed by atoms with Crippen LogP contribution in [0.1, 0.15) is 23.5 Å². The molecule has 1 N–H and O–H groups in total. The van der Waals surface area contributed by atoms with Gasteiger partial charge in [0, 0.05) is 38.8 Å². The van der Waals surface area contributed by atoms with E-state index in [2.05, 4.69) is 9.80 Å². The van der Waals surface area contributed by atoms with Crippen LogP contribution >= 0.6 is 0 Å². The smallest absolute Gasteiger partial charge is 0.165 e. The Bertz CT molecular complexity index is 719. The van der Waals surface area contributed by atoms with Crippen LogP contribution in [0.15, 0.2) is 34.7 Å². The second-order valence-electron chi connectivity index (χ2n) is 6.85. The molecule has 1 saturated heterocycles. The first kappa shape index (κ1) is 18.9. The summed E-state index contributed by atoms with van der Waals surface area (Å²) in [4.78, 5) is 4.72. The Morgan fingerprint density at radius 3 is 2.77 bits per heavy atom. The van der Waals surface area contributed by atoms with Crippen LogP contribution in [-0.2, 0) is 13.1 Å². The molecule has 1 aromatic heterocycles. The van der Waals surface area contributed by atoms with Crippen molar-refractivity contribution < 1.29 is 18.7 Å². The molecule has 0 unspecified atom stereocenters. The summed E-state index contributed by atoms with van der Waals surface area (Å²) in [5.74, 6) is 1.82. The summed E-state index contributed by atoms with van der Waals surface area (Å²) >= 11 is 0. The van der Waals surface area contributed by atoms with E-state index in [0.717, 1.165) is 56.2 Å². The average molecular weight is 362 g/mol. The zero-order valence-electron chi connectivity index (χ0n) is 15.4. The van der Waals surface area contributed by atoms with E-state index in [-0.39, 0.29) is 24.2 Å². The predicted molar refractivity (Wildman–Crippen MR) is 97.6 cm³/mol. The number of piperazine rings is 1. The maximum Gasteiger partial charge on any atom is 0.165 e. The molecule has 0 bridgehead atoms. The lowest BCUT2D eigenvalue weighted by atomic mass is 10.1. The molecular formula is C20H27FN2O3. The maximum absolute atomic E-state index is 13.6. The third kappa shape index (κ3) is 4.63. The molecule has 142 valence electrons. The molecule has 1 aliphatic heterocycles. The summed E-state index contributed by atoms with van der Waals surface area (Å²) in [6, 6.07) is 9.28. The minimum atomic E-state index is -0.340. The molecule has 6 heteroatoms. The minimum absolute atomic E-state index is 0.163. The van der Waals surface area contributed by atoms with Crippen molar-refractivity contribution in [3.05, 3.63) is 53.2 Å². The van der Waals surface area contributed by atoms with Gasteiger partial charge < -0.3 is 14.3 Å². The largest absolute Gasteiger partial charge is 0.494 e. The van der Waals surface area contributed by atoms with Crippen molar-refractivity contribution in [2.24, 2.45) is 0 Å². The molecule has 0 amide bonds. The standard InChI is InChI=1S/C20H27FN2O3/c1-15-3-5-18(26-15)14-23-9-8-22(13-17(23)7-10-24)12-16-4-6-19(21)20(11-16)25-2/h3-6,11,17,24H,7-10,12-14H2,1-2H3/t17-/m1/s1. The molecule has 2 aromatic rings. The van der Waals surface area contributed by atoms with Crippen LogP contribution in [-0.4, -0.2) is 54.3 Å². The van der Waals surface area contributed by atoms with Gasteiger partial charge in [-0.1, -0.05) is 6.07 Å². The fourth-order valence-corrected chi connectivity index (χ4v) is 3.56. The van der Waals surface area contributed by atoms with Gasteiger partial charge in [0.25, 0.3) is 0 Å². The first-order chi connectivity index (χ1) is 12.6. The summed E-state index contributed by atoms with van der Waals surface area (Å²) < 4.78 is 24.4. The van der Waals surface area contributed by atoms with E-state index in [4.69, 9.17) is 9.15 Å². The molecule has 0 radical (unpaired) electrons. The predicted octanol–water partition coefficient (Wildman–Crippen LogP) is 2.80. The summed E-state index contributed by atoms with van der Waals surface area (Å²) in [5, 5.41) is 9.45. The summed E-state index contributed by atoms with van der Waals surface area (Å²) in [5.41, 5.74) is 1.03. The highest BCUT2D eigenvalue weighted by atomic mass is 19.1. The number of hydrogen-bond donors (Lipinski definition) is 1. The molecule has 26 heavy (non-hydrogen) atoms. The quantitative estimate of drug-likeness (QED) is 0.821. The molecular weight excluding hydrogens is 335 g/mol. The van der Waals surface area contributed by atoms with Crippen molar-refractivity contribution >= 4 is 0 Å². The first-order valence-corrected chi connectivity index (χ1v) is 9.04. The summed E-state index contributed by atoms with van der Waals surface area (Å²) in [6.45, 7) is 6.30. The third-order valence-electron chi connectivity index (χ3n) is 4.93. The van der Waals surface area contributed by atoms with Crippen LogP contribution in [0.3, 0.4) is 0 Å². The van der Waals surface area contributed by atoms with E-state index in [1.165, 1.54) is 13.2 Å². The molecule has 1 aromatic carbocycles. The lowest BCUT2D eigenvalue weighted by Gasteiger charge is -2.41. The monoisotopic (exact) mass is 362 g/mol. The number of aliphatic hydroxyl groups excluding tert-OH is 1. The van der Waals surface area contributed by atoms with Gasteiger partial charge in [0.1, 0.15) is 11.5 Å². The topological polar surface area (TPSA) is 49.1 Å². The van der Waals surface area contributed by atoms with Crippen molar-refractivity contribution in [1.82, 2.24) is 9.80 Å². The van der Waals surface area contributed by atoms with E-state index in [0.29, 0.717) is 0 Å². The van der Waals surface area contributed by atoms with Crippen LogP contribution in [0, 0.1) is 12.7 Å². The lowest BCUT2D eigenvalue weighted by Crippen LogP contribution is -2.52.